The number of amides is 1. The van der Waals surface area contributed by atoms with Crippen molar-refractivity contribution in [2.24, 2.45) is 0 Å². The standard InChI is InChI=1S/C13H11BrClNOS/c14-11-8-9(3-4-12(11)15)13(17)16-6-5-10-2-1-7-18-10/h1-4,7-8H,5-6H2,(H,16,17). The normalized spacial score (nSPS) is 10.3. The Hall–Kier alpha value is -0.840. The first-order chi connectivity index (χ1) is 8.66. The molecule has 94 valence electrons. The molecule has 0 fully saturated rings. The van der Waals surface area contributed by atoms with Crippen LogP contribution in [0, 0.1) is 0 Å². The van der Waals surface area contributed by atoms with Crippen LogP contribution in [0.25, 0.3) is 0 Å². The van der Waals surface area contributed by atoms with Crippen LogP contribution in [0.1, 0.15) is 15.2 Å². The smallest absolute Gasteiger partial charge is 0.251 e. The molecule has 1 N–H and O–H groups in total. The van der Waals surface area contributed by atoms with Crippen molar-refractivity contribution in [3.8, 4) is 0 Å². The summed E-state index contributed by atoms with van der Waals surface area (Å²) < 4.78 is 0.732. The molecule has 0 atom stereocenters. The monoisotopic (exact) mass is 343 g/mol. The summed E-state index contributed by atoms with van der Waals surface area (Å²) in [4.78, 5) is 13.1. The number of hydrogen-bond donors (Lipinski definition) is 1. The summed E-state index contributed by atoms with van der Waals surface area (Å²) in [6, 6.07) is 9.23. The predicted molar refractivity (Wildman–Crippen MR) is 79.5 cm³/mol. The molecule has 0 saturated heterocycles. The Balaban J connectivity index is 1.89. The maximum atomic E-state index is 11.9. The van der Waals surface area contributed by atoms with E-state index in [9.17, 15) is 4.79 Å². The Morgan fingerprint density at radius 2 is 2.22 bits per heavy atom. The lowest BCUT2D eigenvalue weighted by molar-refractivity contribution is 0.0954. The predicted octanol–water partition coefficient (Wildman–Crippen LogP) is 4.14. The molecule has 0 spiro atoms. The number of carbonyl (C=O) groups excluding carboxylic acids is 1. The van der Waals surface area contributed by atoms with E-state index in [-0.39, 0.29) is 5.91 Å². The topological polar surface area (TPSA) is 29.1 Å². The minimum Gasteiger partial charge on any atom is -0.352 e. The average Bonchev–Trinajstić information content (AvgIpc) is 2.85. The zero-order valence-electron chi connectivity index (χ0n) is 9.45. The van der Waals surface area contributed by atoms with Crippen LogP contribution >= 0.6 is 38.9 Å². The number of hydrogen-bond acceptors (Lipinski definition) is 2. The second-order valence-electron chi connectivity index (χ2n) is 3.71. The van der Waals surface area contributed by atoms with Gasteiger partial charge >= 0.3 is 0 Å². The molecule has 0 radical (unpaired) electrons. The third-order valence-electron chi connectivity index (χ3n) is 2.42. The molecule has 18 heavy (non-hydrogen) atoms. The molecular weight excluding hydrogens is 334 g/mol. The van der Waals surface area contributed by atoms with Crippen LogP contribution in [-0.2, 0) is 6.42 Å². The summed E-state index contributed by atoms with van der Waals surface area (Å²) in [6.07, 6.45) is 0.859. The molecule has 0 saturated carbocycles. The van der Waals surface area contributed by atoms with Crippen molar-refractivity contribution in [3.05, 3.63) is 55.6 Å². The summed E-state index contributed by atoms with van der Waals surface area (Å²) in [5.74, 6) is -0.0797. The van der Waals surface area contributed by atoms with E-state index in [1.165, 1.54) is 4.88 Å². The van der Waals surface area contributed by atoms with Gasteiger partial charge < -0.3 is 5.32 Å². The fourth-order valence-electron chi connectivity index (χ4n) is 1.49. The van der Waals surface area contributed by atoms with Crippen molar-refractivity contribution in [1.82, 2.24) is 5.32 Å². The fraction of sp³-hybridized carbons (Fsp3) is 0.154. The van der Waals surface area contributed by atoms with E-state index in [0.717, 1.165) is 10.9 Å². The first kappa shape index (κ1) is 13.6. The van der Waals surface area contributed by atoms with Crippen LogP contribution in [-0.4, -0.2) is 12.5 Å². The van der Waals surface area contributed by atoms with Gasteiger partial charge in [-0.2, -0.15) is 0 Å². The highest BCUT2D eigenvalue weighted by molar-refractivity contribution is 9.10. The SMILES string of the molecule is O=C(NCCc1cccs1)c1ccc(Cl)c(Br)c1. The molecular formula is C13H11BrClNOS. The summed E-state index contributed by atoms with van der Waals surface area (Å²) in [5, 5.41) is 5.52. The third-order valence-corrected chi connectivity index (χ3v) is 4.57. The number of carbonyl (C=O) groups is 1. The second-order valence-corrected chi connectivity index (χ2v) is 6.01. The Labute approximate surface area is 123 Å². The van der Waals surface area contributed by atoms with Gasteiger partial charge in [0, 0.05) is 21.5 Å². The lowest BCUT2D eigenvalue weighted by Crippen LogP contribution is -2.25. The van der Waals surface area contributed by atoms with E-state index in [1.807, 2.05) is 11.4 Å². The van der Waals surface area contributed by atoms with Crippen LogP contribution in [0.3, 0.4) is 0 Å². The van der Waals surface area contributed by atoms with Gasteiger partial charge in [-0.15, -0.1) is 11.3 Å². The van der Waals surface area contributed by atoms with E-state index in [0.29, 0.717) is 17.1 Å². The first-order valence-corrected chi connectivity index (χ1v) is 7.47. The maximum Gasteiger partial charge on any atom is 0.251 e. The quantitative estimate of drug-likeness (QED) is 0.887. The highest BCUT2D eigenvalue weighted by Crippen LogP contribution is 2.23. The van der Waals surface area contributed by atoms with Crippen molar-refractivity contribution < 1.29 is 4.79 Å². The molecule has 1 aromatic heterocycles. The molecule has 0 bridgehead atoms. The summed E-state index contributed by atoms with van der Waals surface area (Å²) >= 11 is 10.9. The molecule has 2 rings (SSSR count). The van der Waals surface area contributed by atoms with Gasteiger partial charge in [0.2, 0.25) is 0 Å². The van der Waals surface area contributed by atoms with Gasteiger partial charge in [0.1, 0.15) is 0 Å². The fourth-order valence-corrected chi connectivity index (χ4v) is 2.70. The van der Waals surface area contributed by atoms with Crippen LogP contribution < -0.4 is 5.32 Å². The number of halogens is 2. The Kier molecular flexibility index (Phi) is 4.80. The summed E-state index contributed by atoms with van der Waals surface area (Å²) in [6.45, 7) is 0.638. The lowest BCUT2D eigenvalue weighted by Gasteiger charge is -2.05. The molecule has 1 amide bonds. The van der Waals surface area contributed by atoms with Crippen LogP contribution in [0.2, 0.25) is 5.02 Å². The molecule has 5 heteroatoms. The summed E-state index contributed by atoms with van der Waals surface area (Å²) in [5.41, 5.74) is 0.609. The summed E-state index contributed by atoms with van der Waals surface area (Å²) in [7, 11) is 0. The molecule has 0 aliphatic carbocycles. The van der Waals surface area contributed by atoms with Crippen molar-refractivity contribution in [1.29, 1.82) is 0 Å². The van der Waals surface area contributed by atoms with Gasteiger partial charge in [-0.25, -0.2) is 0 Å². The van der Waals surface area contributed by atoms with Gasteiger partial charge in [0.05, 0.1) is 5.02 Å². The number of benzene rings is 1. The highest BCUT2D eigenvalue weighted by Gasteiger charge is 2.07. The number of thiophene rings is 1. The van der Waals surface area contributed by atoms with Crippen molar-refractivity contribution in [2.75, 3.05) is 6.54 Å². The van der Waals surface area contributed by atoms with Gasteiger partial charge in [-0.3, -0.25) is 4.79 Å². The zero-order valence-corrected chi connectivity index (χ0v) is 12.6. The Morgan fingerprint density at radius 3 is 2.89 bits per heavy atom. The van der Waals surface area contributed by atoms with Crippen LogP contribution in [0.5, 0.6) is 0 Å². The second kappa shape index (κ2) is 6.36. The molecule has 0 unspecified atom stereocenters. The average molecular weight is 345 g/mol. The highest BCUT2D eigenvalue weighted by atomic mass is 79.9. The van der Waals surface area contributed by atoms with E-state index in [2.05, 4.69) is 27.3 Å². The van der Waals surface area contributed by atoms with E-state index in [1.54, 1.807) is 29.5 Å². The molecule has 1 heterocycles. The van der Waals surface area contributed by atoms with Crippen molar-refractivity contribution in [2.45, 2.75) is 6.42 Å². The van der Waals surface area contributed by atoms with Crippen LogP contribution in [0.15, 0.2) is 40.2 Å². The van der Waals surface area contributed by atoms with Gasteiger partial charge in [0.25, 0.3) is 5.91 Å². The number of rotatable bonds is 4. The Morgan fingerprint density at radius 1 is 1.39 bits per heavy atom. The molecule has 0 aliphatic heterocycles. The lowest BCUT2D eigenvalue weighted by atomic mass is 10.2. The Bertz CT molecular complexity index is 542. The van der Waals surface area contributed by atoms with Gasteiger partial charge in [-0.1, -0.05) is 17.7 Å². The number of nitrogens with one attached hydrogen (secondary N) is 1. The molecule has 0 aliphatic rings. The van der Waals surface area contributed by atoms with Crippen LogP contribution in [0.4, 0.5) is 0 Å². The molecule has 2 aromatic rings. The molecule has 1 aromatic carbocycles. The maximum absolute atomic E-state index is 11.9. The minimum absolute atomic E-state index is 0.0797. The minimum atomic E-state index is -0.0797. The zero-order chi connectivity index (χ0) is 13.0. The molecule has 2 nitrogen and oxygen atoms in total. The first-order valence-electron chi connectivity index (χ1n) is 5.42. The van der Waals surface area contributed by atoms with Gasteiger partial charge in [0.15, 0.2) is 0 Å². The van der Waals surface area contributed by atoms with E-state index >= 15 is 0 Å². The van der Waals surface area contributed by atoms with Gasteiger partial charge in [-0.05, 0) is 52.0 Å². The van der Waals surface area contributed by atoms with E-state index < -0.39 is 0 Å². The van der Waals surface area contributed by atoms with Crippen molar-refractivity contribution in [3.63, 3.8) is 0 Å². The van der Waals surface area contributed by atoms with E-state index in [4.69, 9.17) is 11.6 Å². The largest absolute Gasteiger partial charge is 0.352 e. The van der Waals surface area contributed by atoms with Crippen molar-refractivity contribution >= 4 is 44.8 Å². The third kappa shape index (κ3) is 3.57.